The SMILES string of the molecule is CCN1CCC(CNCc2ccccc2OC)CC1. The largest absolute Gasteiger partial charge is 0.496 e. The van der Waals surface area contributed by atoms with Crippen LogP contribution in [0.5, 0.6) is 5.75 Å². The number of methoxy groups -OCH3 is 1. The molecule has 0 aliphatic carbocycles. The van der Waals surface area contributed by atoms with Gasteiger partial charge in [-0.3, -0.25) is 0 Å². The van der Waals surface area contributed by atoms with Gasteiger partial charge in [-0.05, 0) is 51.0 Å². The fourth-order valence-corrected chi connectivity index (χ4v) is 2.77. The van der Waals surface area contributed by atoms with Crippen LogP contribution in [0.25, 0.3) is 0 Å². The standard InChI is InChI=1S/C16H26N2O/c1-3-18-10-8-14(9-11-18)12-17-13-15-6-4-5-7-16(15)19-2/h4-7,14,17H,3,8-13H2,1-2H3. The maximum atomic E-state index is 5.37. The summed E-state index contributed by atoms with van der Waals surface area (Å²) >= 11 is 0. The first kappa shape index (κ1) is 14.4. The first-order valence-corrected chi connectivity index (χ1v) is 7.38. The molecule has 106 valence electrons. The van der Waals surface area contributed by atoms with Crippen molar-refractivity contribution >= 4 is 0 Å². The van der Waals surface area contributed by atoms with Crippen molar-refractivity contribution < 1.29 is 4.74 Å². The Morgan fingerprint density at radius 1 is 1.26 bits per heavy atom. The zero-order valence-corrected chi connectivity index (χ0v) is 12.2. The van der Waals surface area contributed by atoms with Crippen LogP contribution in [-0.4, -0.2) is 38.2 Å². The van der Waals surface area contributed by atoms with Crippen LogP contribution < -0.4 is 10.1 Å². The second-order valence-corrected chi connectivity index (χ2v) is 5.32. The van der Waals surface area contributed by atoms with Crippen LogP contribution >= 0.6 is 0 Å². The molecule has 19 heavy (non-hydrogen) atoms. The van der Waals surface area contributed by atoms with E-state index in [0.29, 0.717) is 0 Å². The van der Waals surface area contributed by atoms with Crippen molar-refractivity contribution in [1.82, 2.24) is 10.2 Å². The van der Waals surface area contributed by atoms with E-state index in [0.717, 1.165) is 24.8 Å². The van der Waals surface area contributed by atoms with Crippen LogP contribution in [0, 0.1) is 5.92 Å². The number of ether oxygens (including phenoxy) is 1. The average molecular weight is 262 g/mol. The quantitative estimate of drug-likeness (QED) is 0.852. The molecule has 1 heterocycles. The van der Waals surface area contributed by atoms with Crippen LogP contribution in [0.1, 0.15) is 25.3 Å². The first-order chi connectivity index (χ1) is 9.33. The van der Waals surface area contributed by atoms with E-state index in [1.54, 1.807) is 7.11 Å². The summed E-state index contributed by atoms with van der Waals surface area (Å²) < 4.78 is 5.37. The molecule has 3 nitrogen and oxygen atoms in total. The molecule has 0 bridgehead atoms. The Morgan fingerprint density at radius 2 is 2.00 bits per heavy atom. The molecule has 2 rings (SSSR count). The minimum Gasteiger partial charge on any atom is -0.496 e. The highest BCUT2D eigenvalue weighted by Gasteiger charge is 2.17. The lowest BCUT2D eigenvalue weighted by molar-refractivity contribution is 0.190. The number of rotatable bonds is 6. The number of nitrogens with zero attached hydrogens (tertiary/aromatic N) is 1. The van der Waals surface area contributed by atoms with Crippen LogP contribution in [0.15, 0.2) is 24.3 Å². The van der Waals surface area contributed by atoms with E-state index in [9.17, 15) is 0 Å². The molecule has 0 radical (unpaired) electrons. The third kappa shape index (κ3) is 4.22. The van der Waals surface area contributed by atoms with Crippen LogP contribution in [0.3, 0.4) is 0 Å². The highest BCUT2D eigenvalue weighted by atomic mass is 16.5. The number of para-hydroxylation sites is 1. The molecule has 1 saturated heterocycles. The van der Waals surface area contributed by atoms with E-state index < -0.39 is 0 Å². The Balaban J connectivity index is 1.72. The van der Waals surface area contributed by atoms with Gasteiger partial charge in [0.05, 0.1) is 7.11 Å². The van der Waals surface area contributed by atoms with Crippen molar-refractivity contribution in [3.63, 3.8) is 0 Å². The monoisotopic (exact) mass is 262 g/mol. The number of likely N-dealkylation sites (tertiary alicyclic amines) is 1. The summed E-state index contributed by atoms with van der Waals surface area (Å²) in [7, 11) is 1.74. The molecule has 0 aromatic heterocycles. The minimum atomic E-state index is 0.831. The number of benzene rings is 1. The normalized spacial score (nSPS) is 17.6. The third-order valence-electron chi connectivity index (χ3n) is 4.10. The average Bonchev–Trinajstić information content (AvgIpc) is 2.48. The maximum Gasteiger partial charge on any atom is 0.123 e. The second kappa shape index (κ2) is 7.51. The molecule has 0 spiro atoms. The van der Waals surface area contributed by atoms with Gasteiger partial charge < -0.3 is 15.0 Å². The topological polar surface area (TPSA) is 24.5 Å². The van der Waals surface area contributed by atoms with E-state index in [-0.39, 0.29) is 0 Å². The van der Waals surface area contributed by atoms with Gasteiger partial charge in [-0.2, -0.15) is 0 Å². The summed E-state index contributed by atoms with van der Waals surface area (Å²) in [6.45, 7) is 7.99. The summed E-state index contributed by atoms with van der Waals surface area (Å²) in [5.74, 6) is 1.81. The highest BCUT2D eigenvalue weighted by Crippen LogP contribution is 2.18. The lowest BCUT2D eigenvalue weighted by atomic mass is 9.97. The molecule has 1 N–H and O–H groups in total. The first-order valence-electron chi connectivity index (χ1n) is 7.38. The minimum absolute atomic E-state index is 0.831. The molecule has 0 saturated carbocycles. The lowest BCUT2D eigenvalue weighted by Crippen LogP contribution is -2.36. The summed E-state index contributed by atoms with van der Waals surface area (Å²) in [6.07, 6.45) is 2.65. The lowest BCUT2D eigenvalue weighted by Gasteiger charge is -2.31. The van der Waals surface area contributed by atoms with E-state index in [2.05, 4.69) is 29.3 Å². The van der Waals surface area contributed by atoms with Crippen LogP contribution in [-0.2, 0) is 6.54 Å². The van der Waals surface area contributed by atoms with Crippen molar-refractivity contribution in [3.05, 3.63) is 29.8 Å². The molecule has 3 heteroatoms. The molecule has 1 aliphatic heterocycles. The molecule has 1 fully saturated rings. The number of piperidine rings is 1. The Labute approximate surface area is 116 Å². The van der Waals surface area contributed by atoms with Crippen LogP contribution in [0.2, 0.25) is 0 Å². The van der Waals surface area contributed by atoms with Gasteiger partial charge in [0.2, 0.25) is 0 Å². The fraction of sp³-hybridized carbons (Fsp3) is 0.625. The molecular formula is C16H26N2O. The zero-order valence-electron chi connectivity index (χ0n) is 12.2. The number of nitrogens with one attached hydrogen (secondary N) is 1. The van der Waals surface area contributed by atoms with Gasteiger partial charge in [0.25, 0.3) is 0 Å². The second-order valence-electron chi connectivity index (χ2n) is 5.32. The summed E-state index contributed by atoms with van der Waals surface area (Å²) in [5.41, 5.74) is 1.25. The number of hydrogen-bond acceptors (Lipinski definition) is 3. The molecule has 1 aliphatic rings. The van der Waals surface area contributed by atoms with Crippen molar-refractivity contribution in [1.29, 1.82) is 0 Å². The number of hydrogen-bond donors (Lipinski definition) is 1. The van der Waals surface area contributed by atoms with Gasteiger partial charge in [-0.1, -0.05) is 25.1 Å². The summed E-state index contributed by atoms with van der Waals surface area (Å²) in [4.78, 5) is 2.54. The molecule has 0 amide bonds. The van der Waals surface area contributed by atoms with Gasteiger partial charge in [0.1, 0.15) is 5.75 Å². The van der Waals surface area contributed by atoms with Crippen molar-refractivity contribution in [2.75, 3.05) is 33.3 Å². The molecule has 0 unspecified atom stereocenters. The fourth-order valence-electron chi connectivity index (χ4n) is 2.77. The maximum absolute atomic E-state index is 5.37. The molecule has 1 aromatic carbocycles. The Hall–Kier alpha value is -1.06. The van der Waals surface area contributed by atoms with Crippen molar-refractivity contribution in [3.8, 4) is 5.75 Å². The highest BCUT2D eigenvalue weighted by molar-refractivity contribution is 5.32. The zero-order chi connectivity index (χ0) is 13.5. The van der Waals surface area contributed by atoms with Gasteiger partial charge >= 0.3 is 0 Å². The van der Waals surface area contributed by atoms with Gasteiger partial charge in [-0.25, -0.2) is 0 Å². The van der Waals surface area contributed by atoms with E-state index >= 15 is 0 Å². The Bertz CT molecular complexity index is 373. The third-order valence-corrected chi connectivity index (χ3v) is 4.10. The summed E-state index contributed by atoms with van der Waals surface area (Å²) in [5, 5.41) is 3.58. The summed E-state index contributed by atoms with van der Waals surface area (Å²) in [6, 6.07) is 8.24. The van der Waals surface area contributed by atoms with E-state index in [4.69, 9.17) is 4.74 Å². The molecule has 1 aromatic rings. The van der Waals surface area contributed by atoms with Crippen molar-refractivity contribution in [2.45, 2.75) is 26.3 Å². The predicted molar refractivity (Wildman–Crippen MR) is 79.5 cm³/mol. The van der Waals surface area contributed by atoms with E-state index in [1.807, 2.05) is 12.1 Å². The molecular weight excluding hydrogens is 236 g/mol. The van der Waals surface area contributed by atoms with E-state index in [1.165, 1.54) is 38.0 Å². The smallest absolute Gasteiger partial charge is 0.123 e. The van der Waals surface area contributed by atoms with Gasteiger partial charge in [0.15, 0.2) is 0 Å². The van der Waals surface area contributed by atoms with Crippen LogP contribution in [0.4, 0.5) is 0 Å². The molecule has 0 atom stereocenters. The van der Waals surface area contributed by atoms with Gasteiger partial charge in [0, 0.05) is 12.1 Å². The predicted octanol–water partition coefficient (Wildman–Crippen LogP) is 2.52. The Morgan fingerprint density at radius 3 is 2.68 bits per heavy atom. The Kier molecular flexibility index (Phi) is 5.67. The van der Waals surface area contributed by atoms with Gasteiger partial charge in [-0.15, -0.1) is 0 Å². The van der Waals surface area contributed by atoms with Crippen molar-refractivity contribution in [2.24, 2.45) is 5.92 Å².